The van der Waals surface area contributed by atoms with Gasteiger partial charge in [-0.25, -0.2) is 0 Å². The number of ether oxygens (including phenoxy) is 1. The van der Waals surface area contributed by atoms with E-state index in [0.29, 0.717) is 23.1 Å². The van der Waals surface area contributed by atoms with Crippen molar-refractivity contribution in [1.82, 2.24) is 10.2 Å². The first-order chi connectivity index (χ1) is 8.79. The van der Waals surface area contributed by atoms with E-state index in [1.54, 1.807) is 7.11 Å². The monoisotopic (exact) mass is 246 g/mol. The Balaban J connectivity index is 1.79. The average Bonchev–Trinajstić information content (AvgIpc) is 2.98. The van der Waals surface area contributed by atoms with Gasteiger partial charge in [0.15, 0.2) is 0 Å². The molecule has 0 radical (unpaired) electrons. The van der Waals surface area contributed by atoms with E-state index in [1.165, 1.54) is 0 Å². The molecule has 2 fully saturated rings. The lowest BCUT2D eigenvalue weighted by molar-refractivity contribution is 0.0778. The van der Waals surface area contributed by atoms with Gasteiger partial charge in [-0.1, -0.05) is 12.1 Å². The van der Waals surface area contributed by atoms with Crippen LogP contribution in [0.15, 0.2) is 24.3 Å². The summed E-state index contributed by atoms with van der Waals surface area (Å²) in [5.74, 6) is 2.02. The minimum Gasteiger partial charge on any atom is -0.496 e. The van der Waals surface area contributed by atoms with Crippen molar-refractivity contribution < 1.29 is 9.53 Å². The van der Waals surface area contributed by atoms with Gasteiger partial charge in [-0.3, -0.25) is 4.79 Å². The number of para-hydroxylation sites is 1. The molecule has 4 nitrogen and oxygen atoms in total. The van der Waals surface area contributed by atoms with Crippen molar-refractivity contribution in [1.29, 1.82) is 0 Å². The highest BCUT2D eigenvalue weighted by atomic mass is 16.5. The Morgan fingerprint density at radius 2 is 1.94 bits per heavy atom. The second-order valence-corrected chi connectivity index (χ2v) is 5.09. The number of hydrogen-bond acceptors (Lipinski definition) is 3. The average molecular weight is 246 g/mol. The first kappa shape index (κ1) is 11.5. The summed E-state index contributed by atoms with van der Waals surface area (Å²) >= 11 is 0. The number of likely N-dealkylation sites (tertiary alicyclic amines) is 1. The Kier molecular flexibility index (Phi) is 2.96. The van der Waals surface area contributed by atoms with Crippen LogP contribution in [0.4, 0.5) is 0 Å². The van der Waals surface area contributed by atoms with Crippen LogP contribution in [0, 0.1) is 11.8 Å². The van der Waals surface area contributed by atoms with Crippen LogP contribution in [0.5, 0.6) is 5.75 Å². The summed E-state index contributed by atoms with van der Waals surface area (Å²) in [5.41, 5.74) is 0.674. The Hall–Kier alpha value is -1.55. The van der Waals surface area contributed by atoms with Crippen LogP contribution >= 0.6 is 0 Å². The van der Waals surface area contributed by atoms with Gasteiger partial charge in [0.25, 0.3) is 5.91 Å². The Labute approximate surface area is 107 Å². The molecule has 18 heavy (non-hydrogen) atoms. The van der Waals surface area contributed by atoms with Crippen LogP contribution in [0.25, 0.3) is 0 Å². The van der Waals surface area contributed by atoms with Gasteiger partial charge < -0.3 is 15.0 Å². The van der Waals surface area contributed by atoms with E-state index in [0.717, 1.165) is 26.2 Å². The van der Waals surface area contributed by atoms with Gasteiger partial charge in [-0.05, 0) is 24.0 Å². The molecule has 1 aromatic carbocycles. The standard InChI is InChI=1S/C14H18N2O2/c1-18-13-5-3-2-4-12(13)14(17)16-8-10-6-15-7-11(10)9-16/h2-5,10-11,15H,6-9H2,1H3/t10-,11+. The molecule has 0 saturated carbocycles. The molecule has 2 aliphatic rings. The van der Waals surface area contributed by atoms with Crippen molar-refractivity contribution in [3.8, 4) is 5.75 Å². The molecule has 0 unspecified atom stereocenters. The molecule has 2 heterocycles. The lowest BCUT2D eigenvalue weighted by atomic mass is 10.0. The van der Waals surface area contributed by atoms with Crippen LogP contribution in [0.3, 0.4) is 0 Å². The maximum Gasteiger partial charge on any atom is 0.257 e. The largest absolute Gasteiger partial charge is 0.496 e. The minimum absolute atomic E-state index is 0.0989. The van der Waals surface area contributed by atoms with Crippen LogP contribution in [0.1, 0.15) is 10.4 Å². The molecule has 0 bridgehead atoms. The zero-order valence-corrected chi connectivity index (χ0v) is 10.6. The van der Waals surface area contributed by atoms with Gasteiger partial charge in [0.1, 0.15) is 5.75 Å². The molecule has 2 aliphatic heterocycles. The third-order valence-corrected chi connectivity index (χ3v) is 4.01. The molecule has 2 atom stereocenters. The minimum atomic E-state index is 0.0989. The van der Waals surface area contributed by atoms with Crippen LogP contribution in [-0.4, -0.2) is 44.1 Å². The van der Waals surface area contributed by atoms with Crippen molar-refractivity contribution in [3.63, 3.8) is 0 Å². The second-order valence-electron chi connectivity index (χ2n) is 5.09. The smallest absolute Gasteiger partial charge is 0.257 e. The molecule has 1 aromatic rings. The molecular formula is C14H18N2O2. The van der Waals surface area contributed by atoms with Gasteiger partial charge in [-0.15, -0.1) is 0 Å². The number of nitrogens with one attached hydrogen (secondary N) is 1. The molecule has 1 amide bonds. The van der Waals surface area contributed by atoms with E-state index in [4.69, 9.17) is 4.74 Å². The quantitative estimate of drug-likeness (QED) is 0.846. The highest BCUT2D eigenvalue weighted by Crippen LogP contribution is 2.29. The number of fused-ring (bicyclic) bond motifs is 1. The van der Waals surface area contributed by atoms with Gasteiger partial charge in [-0.2, -0.15) is 0 Å². The summed E-state index contributed by atoms with van der Waals surface area (Å²) in [4.78, 5) is 14.4. The Morgan fingerprint density at radius 1 is 1.28 bits per heavy atom. The SMILES string of the molecule is COc1ccccc1C(=O)N1C[C@H]2CNC[C@H]2C1. The summed E-state index contributed by atoms with van der Waals surface area (Å²) < 4.78 is 5.26. The Bertz CT molecular complexity index is 449. The number of nitrogens with zero attached hydrogens (tertiary/aromatic N) is 1. The van der Waals surface area contributed by atoms with Gasteiger partial charge in [0.05, 0.1) is 12.7 Å². The fourth-order valence-electron chi connectivity index (χ4n) is 3.01. The molecule has 3 rings (SSSR count). The molecule has 0 aromatic heterocycles. The lowest BCUT2D eigenvalue weighted by Crippen LogP contribution is -2.32. The van der Waals surface area contributed by atoms with Gasteiger partial charge in [0.2, 0.25) is 0 Å². The molecule has 0 aliphatic carbocycles. The van der Waals surface area contributed by atoms with E-state index >= 15 is 0 Å². The van der Waals surface area contributed by atoms with E-state index in [1.807, 2.05) is 29.2 Å². The number of benzene rings is 1. The van der Waals surface area contributed by atoms with Gasteiger partial charge >= 0.3 is 0 Å². The zero-order chi connectivity index (χ0) is 12.5. The van der Waals surface area contributed by atoms with Crippen LogP contribution in [0.2, 0.25) is 0 Å². The predicted octanol–water partition coefficient (Wildman–Crippen LogP) is 0.987. The van der Waals surface area contributed by atoms with Crippen molar-refractivity contribution in [2.24, 2.45) is 11.8 Å². The van der Waals surface area contributed by atoms with E-state index in [-0.39, 0.29) is 5.91 Å². The third-order valence-electron chi connectivity index (χ3n) is 4.01. The van der Waals surface area contributed by atoms with Crippen LogP contribution < -0.4 is 10.1 Å². The van der Waals surface area contributed by atoms with E-state index < -0.39 is 0 Å². The maximum absolute atomic E-state index is 12.5. The molecule has 96 valence electrons. The molecular weight excluding hydrogens is 228 g/mol. The zero-order valence-electron chi connectivity index (χ0n) is 10.6. The number of carbonyl (C=O) groups is 1. The molecule has 4 heteroatoms. The van der Waals surface area contributed by atoms with Crippen molar-refractivity contribution in [2.75, 3.05) is 33.3 Å². The number of methoxy groups -OCH3 is 1. The number of rotatable bonds is 2. The summed E-state index contributed by atoms with van der Waals surface area (Å²) in [6, 6.07) is 7.45. The summed E-state index contributed by atoms with van der Waals surface area (Å²) in [6.07, 6.45) is 0. The lowest BCUT2D eigenvalue weighted by Gasteiger charge is -2.18. The molecule has 0 spiro atoms. The van der Waals surface area contributed by atoms with Crippen LogP contribution in [-0.2, 0) is 0 Å². The van der Waals surface area contributed by atoms with Crippen molar-refractivity contribution in [3.05, 3.63) is 29.8 Å². The molecule has 1 N–H and O–H groups in total. The maximum atomic E-state index is 12.5. The summed E-state index contributed by atoms with van der Waals surface area (Å²) in [5, 5.41) is 3.38. The van der Waals surface area contributed by atoms with Crippen molar-refractivity contribution in [2.45, 2.75) is 0 Å². The predicted molar refractivity (Wildman–Crippen MR) is 68.7 cm³/mol. The van der Waals surface area contributed by atoms with E-state index in [9.17, 15) is 4.79 Å². The summed E-state index contributed by atoms with van der Waals surface area (Å²) in [7, 11) is 1.61. The first-order valence-electron chi connectivity index (χ1n) is 6.42. The highest BCUT2D eigenvalue weighted by molar-refractivity contribution is 5.97. The molecule has 2 saturated heterocycles. The number of carbonyl (C=O) groups excluding carboxylic acids is 1. The first-order valence-corrected chi connectivity index (χ1v) is 6.42. The fraction of sp³-hybridized carbons (Fsp3) is 0.500. The third kappa shape index (κ3) is 1.86. The topological polar surface area (TPSA) is 41.6 Å². The highest BCUT2D eigenvalue weighted by Gasteiger charge is 2.38. The fourth-order valence-corrected chi connectivity index (χ4v) is 3.01. The van der Waals surface area contributed by atoms with E-state index in [2.05, 4.69) is 5.32 Å². The number of hydrogen-bond donors (Lipinski definition) is 1. The van der Waals surface area contributed by atoms with Crippen molar-refractivity contribution >= 4 is 5.91 Å². The van der Waals surface area contributed by atoms with Gasteiger partial charge in [0, 0.05) is 26.2 Å². The number of amides is 1. The second kappa shape index (κ2) is 4.61. The Morgan fingerprint density at radius 3 is 2.61 bits per heavy atom. The normalized spacial score (nSPS) is 26.2. The summed E-state index contributed by atoms with van der Waals surface area (Å²) in [6.45, 7) is 3.82.